The lowest BCUT2D eigenvalue weighted by atomic mass is 10.3. The van der Waals surface area contributed by atoms with Crippen molar-refractivity contribution in [1.82, 2.24) is 0 Å². The SMILES string of the molecule is COc1ccc(OP(=O)(N=[N+]=[N-])Oc2ccc(OC)cc2)cc1. The number of benzene rings is 2. The van der Waals surface area contributed by atoms with Gasteiger partial charge in [0.1, 0.15) is 23.0 Å². The van der Waals surface area contributed by atoms with Crippen LogP contribution in [0.3, 0.4) is 0 Å². The minimum atomic E-state index is -4.08. The fraction of sp³-hybridized carbons (Fsp3) is 0.143. The molecule has 23 heavy (non-hydrogen) atoms. The van der Waals surface area contributed by atoms with E-state index in [-0.39, 0.29) is 11.5 Å². The Labute approximate surface area is 132 Å². The van der Waals surface area contributed by atoms with Crippen LogP contribution < -0.4 is 18.5 Å². The average Bonchev–Trinajstić information content (AvgIpc) is 2.56. The van der Waals surface area contributed by atoms with E-state index in [1.807, 2.05) is 0 Å². The minimum Gasteiger partial charge on any atom is -0.497 e. The molecule has 0 aliphatic heterocycles. The monoisotopic (exact) mass is 335 g/mol. The third-order valence-corrected chi connectivity index (χ3v) is 3.89. The van der Waals surface area contributed by atoms with Crippen LogP contribution >= 0.6 is 7.75 Å². The van der Waals surface area contributed by atoms with Crippen molar-refractivity contribution in [2.45, 2.75) is 0 Å². The molecule has 0 atom stereocenters. The lowest BCUT2D eigenvalue weighted by Crippen LogP contribution is -1.98. The van der Waals surface area contributed by atoms with Gasteiger partial charge >= 0.3 is 7.75 Å². The normalized spacial score (nSPS) is 10.3. The highest BCUT2D eigenvalue weighted by Gasteiger charge is 2.27. The van der Waals surface area contributed by atoms with Crippen molar-refractivity contribution >= 4 is 7.75 Å². The second-order valence-electron chi connectivity index (χ2n) is 4.18. The summed E-state index contributed by atoms with van der Waals surface area (Å²) in [7, 11) is -1.04. The Morgan fingerprint density at radius 1 is 0.826 bits per heavy atom. The summed E-state index contributed by atoms with van der Waals surface area (Å²) in [6.07, 6.45) is 0. The zero-order valence-corrected chi connectivity index (χ0v) is 13.3. The van der Waals surface area contributed by atoms with Crippen LogP contribution in [-0.4, -0.2) is 14.2 Å². The van der Waals surface area contributed by atoms with Gasteiger partial charge in [0.25, 0.3) is 0 Å². The number of ether oxygens (including phenoxy) is 2. The van der Waals surface area contributed by atoms with Crippen molar-refractivity contribution in [3.8, 4) is 23.0 Å². The van der Waals surface area contributed by atoms with Crippen molar-refractivity contribution in [1.29, 1.82) is 0 Å². The van der Waals surface area contributed by atoms with Crippen LogP contribution in [0.4, 0.5) is 0 Å². The van der Waals surface area contributed by atoms with Crippen molar-refractivity contribution in [3.63, 3.8) is 0 Å². The van der Waals surface area contributed by atoms with Crippen molar-refractivity contribution in [2.75, 3.05) is 14.2 Å². The van der Waals surface area contributed by atoms with E-state index in [1.165, 1.54) is 38.5 Å². The van der Waals surface area contributed by atoms with Gasteiger partial charge in [-0.25, -0.2) is 4.57 Å². The van der Waals surface area contributed by atoms with Gasteiger partial charge in [0.2, 0.25) is 0 Å². The Hall–Kier alpha value is -2.82. The molecule has 0 spiro atoms. The van der Waals surface area contributed by atoms with Gasteiger partial charge in [0.05, 0.1) is 14.2 Å². The van der Waals surface area contributed by atoms with Crippen LogP contribution in [0.1, 0.15) is 0 Å². The molecule has 0 aliphatic carbocycles. The molecule has 0 heterocycles. The molecule has 9 heteroatoms. The highest BCUT2D eigenvalue weighted by Crippen LogP contribution is 2.50. The van der Waals surface area contributed by atoms with Gasteiger partial charge in [-0.05, 0) is 54.1 Å². The predicted octanol–water partition coefficient (Wildman–Crippen LogP) is 4.58. The zero-order valence-electron chi connectivity index (χ0n) is 12.4. The molecular weight excluding hydrogens is 321 g/mol. The molecule has 2 rings (SSSR count). The first-order chi connectivity index (χ1) is 11.1. The third kappa shape index (κ3) is 4.57. The number of rotatable bonds is 7. The molecule has 0 aromatic heterocycles. The summed E-state index contributed by atoms with van der Waals surface area (Å²) in [6.45, 7) is 0. The molecule has 0 saturated carbocycles. The topological polar surface area (TPSA) is 103 Å². The van der Waals surface area contributed by atoms with Gasteiger partial charge in [0.15, 0.2) is 0 Å². The van der Waals surface area contributed by atoms with E-state index in [4.69, 9.17) is 24.1 Å². The first-order valence-corrected chi connectivity index (χ1v) is 7.92. The summed E-state index contributed by atoms with van der Waals surface area (Å²) in [5.41, 5.74) is 8.61. The van der Waals surface area contributed by atoms with Crippen molar-refractivity contribution < 1.29 is 23.1 Å². The second-order valence-corrected chi connectivity index (χ2v) is 5.66. The second kappa shape index (κ2) is 7.45. The quantitative estimate of drug-likeness (QED) is 0.319. The van der Waals surface area contributed by atoms with E-state index in [2.05, 4.69) is 9.80 Å². The van der Waals surface area contributed by atoms with E-state index in [0.717, 1.165) is 0 Å². The molecule has 2 aromatic carbocycles. The molecule has 0 amide bonds. The van der Waals surface area contributed by atoms with E-state index >= 15 is 0 Å². The summed E-state index contributed by atoms with van der Waals surface area (Å²) in [6, 6.07) is 12.6. The van der Waals surface area contributed by atoms with Crippen LogP contribution in [0.15, 0.2) is 53.4 Å². The standard InChI is InChI=1S/C14H14N3O5P/c1-19-11-3-7-13(8-4-11)21-23(18,17-16-15)22-14-9-5-12(20-2)6-10-14/h3-10H,1-2H3. The van der Waals surface area contributed by atoms with Crippen LogP contribution in [-0.2, 0) is 4.57 Å². The highest BCUT2D eigenvalue weighted by atomic mass is 31.2. The van der Waals surface area contributed by atoms with Gasteiger partial charge in [-0.2, -0.15) is 0 Å². The Kier molecular flexibility index (Phi) is 5.36. The van der Waals surface area contributed by atoms with Crippen LogP contribution in [0.5, 0.6) is 23.0 Å². The fourth-order valence-corrected chi connectivity index (χ4v) is 2.63. The smallest absolute Gasteiger partial charge is 0.497 e. The first-order valence-electron chi connectivity index (χ1n) is 6.42. The maximum atomic E-state index is 12.5. The first kappa shape index (κ1) is 16.5. The Balaban J connectivity index is 2.19. The van der Waals surface area contributed by atoms with E-state index in [0.29, 0.717) is 11.5 Å². The number of hydrogen-bond donors (Lipinski definition) is 0. The lowest BCUT2D eigenvalue weighted by molar-refractivity contribution is 0.384. The molecule has 0 N–H and O–H groups in total. The molecule has 0 unspecified atom stereocenters. The zero-order chi connectivity index (χ0) is 16.7. The average molecular weight is 335 g/mol. The van der Waals surface area contributed by atoms with Gasteiger partial charge in [-0.1, -0.05) is 0 Å². The number of methoxy groups -OCH3 is 2. The summed E-state index contributed by atoms with van der Waals surface area (Å²) in [5.74, 6) is 1.64. The minimum absolute atomic E-state index is 0.218. The molecule has 0 radical (unpaired) electrons. The Morgan fingerprint density at radius 3 is 1.48 bits per heavy atom. The van der Waals surface area contributed by atoms with E-state index < -0.39 is 7.75 Å². The van der Waals surface area contributed by atoms with Gasteiger partial charge in [-0.15, -0.1) is 0 Å². The molecule has 8 nitrogen and oxygen atoms in total. The fourth-order valence-electron chi connectivity index (χ4n) is 1.64. The lowest BCUT2D eigenvalue weighted by Gasteiger charge is -2.15. The largest absolute Gasteiger partial charge is 0.525 e. The van der Waals surface area contributed by atoms with Crippen LogP contribution in [0.25, 0.3) is 10.4 Å². The molecule has 120 valence electrons. The molecule has 2 aromatic rings. The Bertz CT molecular complexity index is 689. The van der Waals surface area contributed by atoms with E-state index in [1.54, 1.807) is 24.3 Å². The van der Waals surface area contributed by atoms with Crippen molar-refractivity contribution in [3.05, 3.63) is 59.0 Å². The molecule has 0 aliphatic rings. The summed E-state index contributed by atoms with van der Waals surface area (Å²) in [5, 5.41) is 0. The molecule has 0 saturated heterocycles. The van der Waals surface area contributed by atoms with Crippen LogP contribution in [0.2, 0.25) is 0 Å². The van der Waals surface area contributed by atoms with Crippen molar-refractivity contribution in [2.24, 2.45) is 4.88 Å². The predicted molar refractivity (Wildman–Crippen MR) is 84.0 cm³/mol. The summed E-state index contributed by atoms with van der Waals surface area (Å²) >= 11 is 0. The molecule has 0 bridgehead atoms. The third-order valence-electron chi connectivity index (χ3n) is 2.71. The van der Waals surface area contributed by atoms with Gasteiger partial charge in [-0.3, -0.25) is 0 Å². The van der Waals surface area contributed by atoms with Gasteiger partial charge in [0, 0.05) is 9.80 Å². The summed E-state index contributed by atoms with van der Waals surface area (Å²) in [4.78, 5) is 5.69. The summed E-state index contributed by atoms with van der Waals surface area (Å²) < 4.78 is 33.0. The molecule has 0 fully saturated rings. The number of hydrogen-bond acceptors (Lipinski definition) is 5. The van der Waals surface area contributed by atoms with Gasteiger partial charge < -0.3 is 18.5 Å². The number of nitrogens with zero attached hydrogens (tertiary/aromatic N) is 3. The van der Waals surface area contributed by atoms with E-state index in [9.17, 15) is 4.57 Å². The maximum absolute atomic E-state index is 12.5. The maximum Gasteiger partial charge on any atom is 0.525 e. The molecular formula is C14H14N3O5P. The van der Waals surface area contributed by atoms with Crippen LogP contribution in [0, 0.1) is 0 Å². The Morgan fingerprint density at radius 2 is 1.17 bits per heavy atom. The number of azide groups is 1. The highest BCUT2D eigenvalue weighted by molar-refractivity contribution is 7.53.